The Morgan fingerprint density at radius 3 is 2.26 bits per heavy atom. The van der Waals surface area contributed by atoms with Gasteiger partial charge in [0.2, 0.25) is 5.95 Å². The highest BCUT2D eigenvalue weighted by molar-refractivity contribution is 5.94. The average Bonchev–Trinajstić information content (AvgIpc) is 2.89. The lowest BCUT2D eigenvalue weighted by Crippen LogP contribution is -2.49. The lowest BCUT2D eigenvalue weighted by atomic mass is 10.1. The van der Waals surface area contributed by atoms with Gasteiger partial charge in [-0.1, -0.05) is 60.2 Å². The number of para-hydroxylation sites is 1. The van der Waals surface area contributed by atoms with Gasteiger partial charge in [0.1, 0.15) is 5.82 Å². The van der Waals surface area contributed by atoms with Crippen LogP contribution in [0.1, 0.15) is 34.5 Å². The van der Waals surface area contributed by atoms with E-state index in [2.05, 4.69) is 47.5 Å². The maximum absolute atomic E-state index is 12.9. The minimum Gasteiger partial charge on any atom is -0.363 e. The molecule has 1 atom stereocenters. The number of amides is 1. The van der Waals surface area contributed by atoms with E-state index in [4.69, 9.17) is 9.97 Å². The molecular weight excluding hydrogens is 422 g/mol. The second-order valence-corrected chi connectivity index (χ2v) is 8.81. The molecule has 0 aliphatic carbocycles. The van der Waals surface area contributed by atoms with E-state index in [1.54, 1.807) is 0 Å². The Kier molecular flexibility index (Phi) is 6.12. The lowest BCUT2D eigenvalue weighted by molar-refractivity contribution is 0.0746. The van der Waals surface area contributed by atoms with Crippen molar-refractivity contribution in [2.24, 2.45) is 0 Å². The van der Waals surface area contributed by atoms with Crippen LogP contribution in [0.3, 0.4) is 0 Å². The molecule has 6 nitrogen and oxygen atoms in total. The maximum Gasteiger partial charge on any atom is 0.253 e. The van der Waals surface area contributed by atoms with E-state index in [1.807, 2.05) is 60.4 Å². The fourth-order valence-electron chi connectivity index (χ4n) is 4.33. The monoisotopic (exact) mass is 451 g/mol. The van der Waals surface area contributed by atoms with Crippen molar-refractivity contribution < 1.29 is 4.79 Å². The van der Waals surface area contributed by atoms with Gasteiger partial charge in [-0.3, -0.25) is 4.79 Å². The number of fused-ring (bicyclic) bond motifs is 1. The van der Waals surface area contributed by atoms with Crippen molar-refractivity contribution in [1.29, 1.82) is 0 Å². The molecule has 3 aromatic carbocycles. The van der Waals surface area contributed by atoms with Gasteiger partial charge in [-0.25, -0.2) is 4.98 Å². The normalized spacial score (nSPS) is 14.8. The first-order chi connectivity index (χ1) is 16.6. The Morgan fingerprint density at radius 2 is 1.53 bits per heavy atom. The molecular formula is C28H29N5O. The number of hydrogen-bond acceptors (Lipinski definition) is 5. The van der Waals surface area contributed by atoms with E-state index in [9.17, 15) is 4.79 Å². The van der Waals surface area contributed by atoms with Gasteiger partial charge in [-0.2, -0.15) is 4.98 Å². The number of carbonyl (C=O) groups is 1. The summed E-state index contributed by atoms with van der Waals surface area (Å²) in [5.74, 6) is 1.61. The Hall–Kier alpha value is -3.93. The first kappa shape index (κ1) is 21.9. The SMILES string of the molecule is Cc1ccc(C(=O)N2CCN(c3nc(N[C@@H](C)c4ccccc4)c4ccccc4n3)CC2)cc1. The highest BCUT2D eigenvalue weighted by Gasteiger charge is 2.24. The van der Waals surface area contributed by atoms with E-state index in [1.165, 1.54) is 5.56 Å². The van der Waals surface area contributed by atoms with Crippen molar-refractivity contribution in [1.82, 2.24) is 14.9 Å². The largest absolute Gasteiger partial charge is 0.363 e. The second-order valence-electron chi connectivity index (χ2n) is 8.81. The van der Waals surface area contributed by atoms with Gasteiger partial charge < -0.3 is 15.1 Å². The molecule has 0 saturated carbocycles. The summed E-state index contributed by atoms with van der Waals surface area (Å²) < 4.78 is 0. The van der Waals surface area contributed by atoms with Gasteiger partial charge in [-0.05, 0) is 43.7 Å². The Labute approximate surface area is 200 Å². The Balaban J connectivity index is 1.35. The van der Waals surface area contributed by atoms with Crippen molar-refractivity contribution in [3.8, 4) is 0 Å². The van der Waals surface area contributed by atoms with Gasteiger partial charge >= 0.3 is 0 Å². The summed E-state index contributed by atoms with van der Waals surface area (Å²) >= 11 is 0. The number of rotatable bonds is 5. The van der Waals surface area contributed by atoms with Crippen LogP contribution in [-0.2, 0) is 0 Å². The number of nitrogens with zero attached hydrogens (tertiary/aromatic N) is 4. The molecule has 1 aromatic heterocycles. The van der Waals surface area contributed by atoms with Crippen molar-refractivity contribution in [2.45, 2.75) is 19.9 Å². The van der Waals surface area contributed by atoms with Gasteiger partial charge in [0.25, 0.3) is 5.91 Å². The van der Waals surface area contributed by atoms with Crippen LogP contribution in [0.25, 0.3) is 10.9 Å². The van der Waals surface area contributed by atoms with Crippen LogP contribution in [-0.4, -0.2) is 47.0 Å². The zero-order valence-corrected chi connectivity index (χ0v) is 19.6. The number of aryl methyl sites for hydroxylation is 1. The molecule has 1 saturated heterocycles. The van der Waals surface area contributed by atoms with Gasteiger partial charge in [0.05, 0.1) is 5.52 Å². The Morgan fingerprint density at radius 1 is 0.853 bits per heavy atom. The number of aromatic nitrogens is 2. The molecule has 1 amide bonds. The molecule has 5 rings (SSSR count). The van der Waals surface area contributed by atoms with Crippen LogP contribution < -0.4 is 10.2 Å². The third-order valence-corrected chi connectivity index (χ3v) is 6.39. The molecule has 2 heterocycles. The van der Waals surface area contributed by atoms with E-state index in [0.717, 1.165) is 27.8 Å². The van der Waals surface area contributed by atoms with Crippen molar-refractivity contribution in [3.63, 3.8) is 0 Å². The number of hydrogen-bond donors (Lipinski definition) is 1. The zero-order chi connectivity index (χ0) is 23.5. The molecule has 4 aromatic rings. The summed E-state index contributed by atoms with van der Waals surface area (Å²) in [6.07, 6.45) is 0. The van der Waals surface area contributed by atoms with E-state index >= 15 is 0 Å². The molecule has 0 bridgehead atoms. The van der Waals surface area contributed by atoms with Crippen LogP contribution in [0.5, 0.6) is 0 Å². The summed E-state index contributed by atoms with van der Waals surface area (Å²) in [6, 6.07) is 26.3. The lowest BCUT2D eigenvalue weighted by Gasteiger charge is -2.35. The quantitative estimate of drug-likeness (QED) is 0.459. The topological polar surface area (TPSA) is 61.4 Å². The van der Waals surface area contributed by atoms with Crippen LogP contribution in [0.4, 0.5) is 11.8 Å². The molecule has 1 aliphatic rings. The molecule has 6 heteroatoms. The van der Waals surface area contributed by atoms with Gasteiger partial charge in [0, 0.05) is 43.2 Å². The molecule has 0 unspecified atom stereocenters. The smallest absolute Gasteiger partial charge is 0.253 e. The number of nitrogens with one attached hydrogen (secondary N) is 1. The predicted octanol–water partition coefficient (Wildman–Crippen LogP) is 5.07. The van der Waals surface area contributed by atoms with Crippen molar-refractivity contribution in [2.75, 3.05) is 36.4 Å². The zero-order valence-electron chi connectivity index (χ0n) is 19.6. The molecule has 1 N–H and O–H groups in total. The number of anilines is 2. The number of piperazine rings is 1. The van der Waals surface area contributed by atoms with Crippen LogP contribution in [0, 0.1) is 6.92 Å². The summed E-state index contributed by atoms with van der Waals surface area (Å²) in [5.41, 5.74) is 4.01. The standard InChI is InChI=1S/C28H29N5O/c1-20-12-14-23(15-13-20)27(34)32-16-18-33(19-17-32)28-30-25-11-7-6-10-24(25)26(31-28)29-21(2)22-8-4-3-5-9-22/h3-15,21H,16-19H2,1-2H3,(H,29,30,31)/t21-/m0/s1. The van der Waals surface area contributed by atoms with E-state index in [-0.39, 0.29) is 11.9 Å². The molecule has 0 radical (unpaired) electrons. The highest BCUT2D eigenvalue weighted by Crippen LogP contribution is 2.27. The van der Waals surface area contributed by atoms with E-state index in [0.29, 0.717) is 32.1 Å². The third-order valence-electron chi connectivity index (χ3n) is 6.39. The summed E-state index contributed by atoms with van der Waals surface area (Å²) in [5, 5.41) is 4.59. The first-order valence-corrected chi connectivity index (χ1v) is 11.8. The summed E-state index contributed by atoms with van der Waals surface area (Å²) in [7, 11) is 0. The molecule has 1 fully saturated rings. The Bertz CT molecular complexity index is 1280. The minimum absolute atomic E-state index is 0.0816. The third kappa shape index (κ3) is 4.57. The van der Waals surface area contributed by atoms with Crippen molar-refractivity contribution >= 4 is 28.6 Å². The fourth-order valence-corrected chi connectivity index (χ4v) is 4.33. The van der Waals surface area contributed by atoms with E-state index < -0.39 is 0 Å². The highest BCUT2D eigenvalue weighted by atomic mass is 16.2. The number of benzene rings is 3. The fraction of sp³-hybridized carbons (Fsp3) is 0.250. The van der Waals surface area contributed by atoms with Crippen LogP contribution in [0.2, 0.25) is 0 Å². The number of carbonyl (C=O) groups excluding carboxylic acids is 1. The molecule has 0 spiro atoms. The van der Waals surface area contributed by atoms with Crippen LogP contribution >= 0.6 is 0 Å². The summed E-state index contributed by atoms with van der Waals surface area (Å²) in [6.45, 7) is 6.85. The minimum atomic E-state index is 0.0816. The van der Waals surface area contributed by atoms with Gasteiger partial charge in [-0.15, -0.1) is 0 Å². The van der Waals surface area contributed by atoms with Crippen molar-refractivity contribution in [3.05, 3.63) is 95.6 Å². The van der Waals surface area contributed by atoms with Crippen LogP contribution in [0.15, 0.2) is 78.9 Å². The molecule has 172 valence electrons. The van der Waals surface area contributed by atoms with Gasteiger partial charge in [0.15, 0.2) is 0 Å². The predicted molar refractivity (Wildman–Crippen MR) is 137 cm³/mol. The average molecular weight is 452 g/mol. The molecule has 34 heavy (non-hydrogen) atoms. The first-order valence-electron chi connectivity index (χ1n) is 11.8. The molecule has 1 aliphatic heterocycles. The summed E-state index contributed by atoms with van der Waals surface area (Å²) in [4.78, 5) is 26.8. The maximum atomic E-state index is 12.9. The second kappa shape index (κ2) is 9.51.